The fourth-order valence-electron chi connectivity index (χ4n) is 6.22. The zero-order valence-corrected chi connectivity index (χ0v) is 27.4. The highest BCUT2D eigenvalue weighted by atomic mass is 19.2. The van der Waals surface area contributed by atoms with Crippen LogP contribution in [-0.4, -0.2) is 59.7 Å². The number of nitrogens with zero attached hydrogens (tertiary/aromatic N) is 2. The van der Waals surface area contributed by atoms with Crippen molar-refractivity contribution in [2.75, 3.05) is 31.5 Å². The lowest BCUT2D eigenvalue weighted by atomic mass is 9.88. The number of Topliss-reactive ketones (excluding diaryl/α,β-unsaturated/α-hetero) is 1. The Bertz CT molecular complexity index is 1700. The summed E-state index contributed by atoms with van der Waals surface area (Å²) in [4.78, 5) is 55.8. The Balaban J connectivity index is 1.20. The third-order valence-corrected chi connectivity index (χ3v) is 8.87. The van der Waals surface area contributed by atoms with Crippen LogP contribution in [0.3, 0.4) is 0 Å². The lowest BCUT2D eigenvalue weighted by Crippen LogP contribution is -2.54. The lowest BCUT2D eigenvalue weighted by molar-refractivity contribution is -0.118. The Hall–Kier alpha value is -4.90. The predicted molar refractivity (Wildman–Crippen MR) is 179 cm³/mol. The lowest BCUT2D eigenvalue weighted by Gasteiger charge is -2.37. The van der Waals surface area contributed by atoms with Gasteiger partial charge in [-0.2, -0.15) is 0 Å². The molecule has 0 radical (unpaired) electrons. The number of halogens is 2. The van der Waals surface area contributed by atoms with Crippen molar-refractivity contribution in [3.63, 3.8) is 0 Å². The number of nitrogens with one attached hydrogen (secondary N) is 3. The third kappa shape index (κ3) is 7.96. The summed E-state index contributed by atoms with van der Waals surface area (Å²) >= 11 is 0. The summed E-state index contributed by atoms with van der Waals surface area (Å²) in [6.07, 6.45) is 2.53. The third-order valence-electron chi connectivity index (χ3n) is 8.87. The number of hydrogen-bond donors (Lipinski definition) is 3. The largest absolute Gasteiger partial charge is 0.337 e. The van der Waals surface area contributed by atoms with Gasteiger partial charge < -0.3 is 20.9 Å². The second-order valence-corrected chi connectivity index (χ2v) is 12.6. The van der Waals surface area contributed by atoms with Gasteiger partial charge in [0.15, 0.2) is 17.4 Å². The summed E-state index contributed by atoms with van der Waals surface area (Å²) < 4.78 is 28.3. The molecule has 252 valence electrons. The minimum Gasteiger partial charge on any atom is -0.337 e. The average Bonchev–Trinajstić information content (AvgIpc) is 3.08. The van der Waals surface area contributed by atoms with Crippen molar-refractivity contribution in [2.45, 2.75) is 52.0 Å². The van der Waals surface area contributed by atoms with Gasteiger partial charge >= 0.3 is 12.1 Å². The normalized spacial score (nSPS) is 17.3. The molecule has 2 aliphatic heterocycles. The number of likely N-dealkylation sites (tertiary alicyclic amines) is 1. The summed E-state index contributed by atoms with van der Waals surface area (Å²) in [6, 6.07) is 16.7. The standard InChI is InChI=1S/C37H41F2N5O4/c1-23(2)35(46)42-29-12-7-11-27(21-29)25-15-19-43(20-16-25)18-8-17-40-36(47)44-33(28-13-14-30(38)31(39)22-28)32(24(3)41-37(44)48)34(45)26-9-5-4-6-10-26/h4-7,9-14,21-23,25,33H,8,15-20H2,1-3H3,(H,40,47)(H,41,48)(H,42,46). The van der Waals surface area contributed by atoms with Gasteiger partial charge in [-0.1, -0.05) is 62.4 Å². The van der Waals surface area contributed by atoms with Gasteiger partial charge in [0.2, 0.25) is 5.91 Å². The van der Waals surface area contributed by atoms with Crippen molar-refractivity contribution in [3.8, 4) is 0 Å². The summed E-state index contributed by atoms with van der Waals surface area (Å²) in [7, 11) is 0. The first-order valence-corrected chi connectivity index (χ1v) is 16.3. The molecule has 0 aliphatic carbocycles. The van der Waals surface area contributed by atoms with Crippen LogP contribution in [0.2, 0.25) is 0 Å². The van der Waals surface area contributed by atoms with Crippen LogP contribution >= 0.6 is 0 Å². The molecule has 1 saturated heterocycles. The molecule has 3 N–H and O–H groups in total. The molecule has 3 aromatic carbocycles. The highest BCUT2D eigenvalue weighted by molar-refractivity contribution is 6.12. The SMILES string of the molecule is CC1=C(C(=O)c2ccccc2)C(c2ccc(F)c(F)c2)N(C(=O)NCCCN2CCC(c3cccc(NC(=O)C(C)C)c3)CC2)C(=O)N1. The Kier molecular flexibility index (Phi) is 11.0. The fourth-order valence-corrected chi connectivity index (χ4v) is 6.22. The minimum atomic E-state index is -1.28. The van der Waals surface area contributed by atoms with Crippen molar-refractivity contribution in [2.24, 2.45) is 5.92 Å². The smallest absolute Gasteiger partial charge is 0.330 e. The van der Waals surface area contributed by atoms with Crippen LogP contribution in [-0.2, 0) is 4.79 Å². The van der Waals surface area contributed by atoms with Crippen LogP contribution < -0.4 is 16.0 Å². The van der Waals surface area contributed by atoms with Crippen molar-refractivity contribution in [3.05, 3.63) is 112 Å². The first-order valence-electron chi connectivity index (χ1n) is 16.3. The molecule has 5 amide bonds. The van der Waals surface area contributed by atoms with Gasteiger partial charge in [-0.25, -0.2) is 23.3 Å². The van der Waals surface area contributed by atoms with Crippen molar-refractivity contribution in [1.82, 2.24) is 20.4 Å². The molecule has 1 atom stereocenters. The second kappa shape index (κ2) is 15.3. The number of hydrogen-bond acceptors (Lipinski definition) is 5. The minimum absolute atomic E-state index is 0.0115. The van der Waals surface area contributed by atoms with E-state index in [9.17, 15) is 28.0 Å². The van der Waals surface area contributed by atoms with Gasteiger partial charge in [-0.05, 0) is 87.1 Å². The molecule has 1 fully saturated rings. The van der Waals surface area contributed by atoms with Crippen molar-refractivity contribution in [1.29, 1.82) is 0 Å². The van der Waals surface area contributed by atoms with Crippen LogP contribution in [0, 0.1) is 17.6 Å². The molecule has 0 saturated carbocycles. The number of allylic oxidation sites excluding steroid dienone is 1. The number of ketones is 1. The summed E-state index contributed by atoms with van der Waals surface area (Å²) in [5, 5.41) is 8.36. The molecule has 1 unspecified atom stereocenters. The maximum atomic E-state index is 14.4. The van der Waals surface area contributed by atoms with E-state index in [1.54, 1.807) is 37.3 Å². The van der Waals surface area contributed by atoms with Gasteiger partial charge in [-0.3, -0.25) is 9.59 Å². The molecular weight excluding hydrogens is 616 g/mol. The van der Waals surface area contributed by atoms with E-state index in [4.69, 9.17) is 0 Å². The molecule has 2 heterocycles. The van der Waals surface area contributed by atoms with Crippen LogP contribution in [0.15, 0.2) is 84.1 Å². The van der Waals surface area contributed by atoms with E-state index < -0.39 is 35.5 Å². The van der Waals surface area contributed by atoms with Crippen LogP contribution in [0.5, 0.6) is 0 Å². The number of anilines is 1. The molecule has 0 bridgehead atoms. The molecular formula is C37H41F2N5O4. The van der Waals surface area contributed by atoms with Gasteiger partial charge in [0.25, 0.3) is 0 Å². The van der Waals surface area contributed by atoms with E-state index >= 15 is 0 Å². The van der Waals surface area contributed by atoms with E-state index in [1.165, 1.54) is 11.6 Å². The highest BCUT2D eigenvalue weighted by Gasteiger charge is 2.41. The number of urea groups is 2. The Morgan fingerprint density at radius 2 is 1.65 bits per heavy atom. The number of piperidine rings is 1. The molecule has 0 aromatic heterocycles. The predicted octanol–water partition coefficient (Wildman–Crippen LogP) is 6.76. The number of carbonyl (C=O) groups is 4. The van der Waals surface area contributed by atoms with Gasteiger partial charge in [0.1, 0.15) is 0 Å². The molecule has 5 rings (SSSR count). The molecule has 0 spiro atoms. The number of carbonyl (C=O) groups excluding carboxylic acids is 4. The number of rotatable bonds is 10. The molecule has 2 aliphatic rings. The van der Waals surface area contributed by atoms with E-state index in [0.29, 0.717) is 17.9 Å². The number of imide groups is 1. The molecule has 48 heavy (non-hydrogen) atoms. The fraction of sp³-hybridized carbons (Fsp3) is 0.351. The summed E-state index contributed by atoms with van der Waals surface area (Å²) in [6.45, 7) is 8.01. The number of amides is 5. The summed E-state index contributed by atoms with van der Waals surface area (Å²) in [5.41, 5.74) is 2.73. The Labute approximate surface area is 279 Å². The average molecular weight is 658 g/mol. The van der Waals surface area contributed by atoms with Crippen molar-refractivity contribution >= 4 is 29.4 Å². The van der Waals surface area contributed by atoms with Crippen LogP contribution in [0.4, 0.5) is 24.1 Å². The van der Waals surface area contributed by atoms with Gasteiger partial charge in [-0.15, -0.1) is 0 Å². The van der Waals surface area contributed by atoms with E-state index in [2.05, 4.69) is 33.0 Å². The molecule has 3 aromatic rings. The van der Waals surface area contributed by atoms with E-state index in [1.807, 2.05) is 26.0 Å². The maximum Gasteiger partial charge on any atom is 0.330 e. The second-order valence-electron chi connectivity index (χ2n) is 12.6. The Morgan fingerprint density at radius 3 is 2.33 bits per heavy atom. The molecule has 9 nitrogen and oxygen atoms in total. The van der Waals surface area contributed by atoms with Gasteiger partial charge in [0, 0.05) is 35.0 Å². The topological polar surface area (TPSA) is 111 Å². The monoisotopic (exact) mass is 657 g/mol. The quantitative estimate of drug-likeness (QED) is 0.165. The number of benzene rings is 3. The van der Waals surface area contributed by atoms with Crippen molar-refractivity contribution < 1.29 is 28.0 Å². The Morgan fingerprint density at radius 1 is 0.917 bits per heavy atom. The zero-order valence-electron chi connectivity index (χ0n) is 27.4. The maximum absolute atomic E-state index is 14.4. The molecule has 11 heteroatoms. The first kappa shape index (κ1) is 34.4. The highest BCUT2D eigenvalue weighted by Crippen LogP contribution is 2.36. The first-order chi connectivity index (χ1) is 23.0. The van der Waals surface area contributed by atoms with E-state index in [0.717, 1.165) is 55.2 Å². The van der Waals surface area contributed by atoms with Crippen LogP contribution in [0.1, 0.15) is 73.5 Å². The summed E-state index contributed by atoms with van der Waals surface area (Å²) in [5.74, 6) is -2.41. The van der Waals surface area contributed by atoms with E-state index in [-0.39, 0.29) is 35.2 Å². The van der Waals surface area contributed by atoms with Crippen LogP contribution in [0.25, 0.3) is 0 Å². The van der Waals surface area contributed by atoms with Gasteiger partial charge in [0.05, 0.1) is 6.04 Å². The zero-order chi connectivity index (χ0) is 34.4.